The number of nitrogens with zero attached hydrogens (tertiary/aromatic N) is 2. The summed E-state index contributed by atoms with van der Waals surface area (Å²) in [5.41, 5.74) is 2.67. The van der Waals surface area contributed by atoms with E-state index in [9.17, 15) is 4.79 Å². The number of aromatic nitrogens is 2. The Kier molecular flexibility index (Phi) is 5.00. The zero-order valence-corrected chi connectivity index (χ0v) is 14.5. The van der Waals surface area contributed by atoms with Crippen LogP contribution in [0, 0.1) is 0 Å². The van der Waals surface area contributed by atoms with E-state index in [1.165, 1.54) is 20.0 Å². The van der Waals surface area contributed by atoms with E-state index in [2.05, 4.69) is 9.97 Å². The maximum Gasteiger partial charge on any atom is 0.340 e. The van der Waals surface area contributed by atoms with Crippen LogP contribution in [0.5, 0.6) is 5.75 Å². The molecule has 0 N–H and O–H groups in total. The molecule has 0 saturated heterocycles. The number of halogens is 1. The molecule has 24 heavy (non-hydrogen) atoms. The fourth-order valence-corrected chi connectivity index (χ4v) is 3.49. The fraction of sp³-hybridized carbons (Fsp3) is 0.389. The van der Waals surface area contributed by atoms with Crippen LogP contribution < -0.4 is 4.74 Å². The van der Waals surface area contributed by atoms with Crippen molar-refractivity contribution in [3.05, 3.63) is 40.9 Å². The lowest BCUT2D eigenvalue weighted by atomic mass is 9.94. The third-order valence-electron chi connectivity index (χ3n) is 4.43. The topological polar surface area (TPSA) is 61.3 Å². The number of carbonyl (C=O) groups is 1. The standard InChI is InChI=1S/C18H19ClN2O3/c1-23-17-15(12-7-8-20-14(19)9-12)13(18(22)24-2)10-21-16(17)11-5-3-4-6-11/h7-11H,3-6H2,1-2H3. The number of carbonyl (C=O) groups excluding carboxylic acids is 1. The summed E-state index contributed by atoms with van der Waals surface area (Å²) in [6, 6.07) is 3.51. The van der Waals surface area contributed by atoms with Gasteiger partial charge in [0.15, 0.2) is 0 Å². The van der Waals surface area contributed by atoms with Crippen LogP contribution >= 0.6 is 11.6 Å². The van der Waals surface area contributed by atoms with Gasteiger partial charge in [0.2, 0.25) is 0 Å². The first kappa shape index (κ1) is 16.7. The Morgan fingerprint density at radius 1 is 1.25 bits per heavy atom. The van der Waals surface area contributed by atoms with Gasteiger partial charge in [-0.15, -0.1) is 0 Å². The van der Waals surface area contributed by atoms with E-state index < -0.39 is 5.97 Å². The van der Waals surface area contributed by atoms with Crippen LogP contribution in [-0.4, -0.2) is 30.2 Å². The Hall–Kier alpha value is -2.14. The van der Waals surface area contributed by atoms with Gasteiger partial charge in [0.1, 0.15) is 10.9 Å². The molecular weight excluding hydrogens is 328 g/mol. The minimum atomic E-state index is -0.457. The molecule has 1 saturated carbocycles. The highest BCUT2D eigenvalue weighted by molar-refractivity contribution is 6.29. The summed E-state index contributed by atoms with van der Waals surface area (Å²) in [7, 11) is 2.95. The molecule has 126 valence electrons. The van der Waals surface area contributed by atoms with Crippen molar-refractivity contribution >= 4 is 17.6 Å². The minimum absolute atomic E-state index is 0.350. The molecule has 0 bridgehead atoms. The maximum atomic E-state index is 12.2. The van der Waals surface area contributed by atoms with Crippen LogP contribution in [0.15, 0.2) is 24.5 Å². The van der Waals surface area contributed by atoms with Gasteiger partial charge in [0.25, 0.3) is 0 Å². The first-order chi connectivity index (χ1) is 11.7. The first-order valence-corrected chi connectivity index (χ1v) is 8.30. The van der Waals surface area contributed by atoms with Crippen LogP contribution in [0.3, 0.4) is 0 Å². The van der Waals surface area contributed by atoms with E-state index in [-0.39, 0.29) is 0 Å². The van der Waals surface area contributed by atoms with E-state index in [0.29, 0.717) is 27.9 Å². The molecule has 1 aliphatic rings. The Morgan fingerprint density at radius 3 is 2.62 bits per heavy atom. The molecule has 1 aliphatic carbocycles. The second-order valence-electron chi connectivity index (χ2n) is 5.81. The minimum Gasteiger partial charge on any atom is -0.494 e. The average molecular weight is 347 g/mol. The Morgan fingerprint density at radius 2 is 2.00 bits per heavy atom. The van der Waals surface area contributed by atoms with Crippen LogP contribution in [0.25, 0.3) is 11.1 Å². The normalized spacial score (nSPS) is 14.6. The van der Waals surface area contributed by atoms with Crippen molar-refractivity contribution in [3.63, 3.8) is 0 Å². The number of hydrogen-bond acceptors (Lipinski definition) is 5. The largest absolute Gasteiger partial charge is 0.494 e. The van der Waals surface area contributed by atoms with Crippen molar-refractivity contribution < 1.29 is 14.3 Å². The van der Waals surface area contributed by atoms with Gasteiger partial charge in [-0.05, 0) is 30.5 Å². The molecule has 0 amide bonds. The van der Waals surface area contributed by atoms with Gasteiger partial charge in [0, 0.05) is 23.9 Å². The second kappa shape index (κ2) is 7.18. The van der Waals surface area contributed by atoms with Crippen molar-refractivity contribution in [2.24, 2.45) is 0 Å². The SMILES string of the molecule is COC(=O)c1cnc(C2CCCC2)c(OC)c1-c1ccnc(Cl)c1. The zero-order chi connectivity index (χ0) is 17.1. The highest BCUT2D eigenvalue weighted by atomic mass is 35.5. The lowest BCUT2D eigenvalue weighted by Crippen LogP contribution is -2.10. The monoisotopic (exact) mass is 346 g/mol. The summed E-state index contributed by atoms with van der Waals surface area (Å²) >= 11 is 6.04. The van der Waals surface area contributed by atoms with Crippen LogP contribution in [-0.2, 0) is 4.74 Å². The van der Waals surface area contributed by atoms with Crippen LogP contribution in [0.2, 0.25) is 5.15 Å². The van der Waals surface area contributed by atoms with Crippen molar-refractivity contribution in [1.29, 1.82) is 0 Å². The third kappa shape index (κ3) is 3.08. The summed E-state index contributed by atoms with van der Waals surface area (Å²) in [4.78, 5) is 20.8. The molecule has 0 aromatic carbocycles. The number of hydrogen-bond donors (Lipinski definition) is 0. The van der Waals surface area contributed by atoms with Gasteiger partial charge in [-0.1, -0.05) is 24.4 Å². The number of pyridine rings is 2. The van der Waals surface area contributed by atoms with Crippen molar-refractivity contribution in [2.45, 2.75) is 31.6 Å². The summed E-state index contributed by atoms with van der Waals surface area (Å²) in [6.07, 6.45) is 7.71. The smallest absolute Gasteiger partial charge is 0.340 e. The van der Waals surface area contributed by atoms with Gasteiger partial charge in [-0.25, -0.2) is 9.78 Å². The molecule has 2 aromatic heterocycles. The van der Waals surface area contributed by atoms with Crippen molar-refractivity contribution in [3.8, 4) is 16.9 Å². The highest BCUT2D eigenvalue weighted by Crippen LogP contribution is 2.43. The molecular formula is C18H19ClN2O3. The van der Waals surface area contributed by atoms with E-state index in [1.807, 2.05) is 0 Å². The number of rotatable bonds is 4. The lowest BCUT2D eigenvalue weighted by Gasteiger charge is -2.19. The molecule has 0 aliphatic heterocycles. The number of esters is 1. The summed E-state index contributed by atoms with van der Waals surface area (Å²) in [5.74, 6) is 0.511. The number of ether oxygens (including phenoxy) is 2. The quantitative estimate of drug-likeness (QED) is 0.611. The third-order valence-corrected chi connectivity index (χ3v) is 4.64. The Balaban J connectivity index is 2.24. The van der Waals surface area contributed by atoms with Crippen molar-refractivity contribution in [2.75, 3.05) is 14.2 Å². The molecule has 2 heterocycles. The Bertz CT molecular complexity index is 758. The predicted octanol–water partition coefficient (Wildman–Crippen LogP) is 4.25. The maximum absolute atomic E-state index is 12.2. The highest BCUT2D eigenvalue weighted by Gasteiger charge is 2.28. The van der Waals surface area contributed by atoms with Gasteiger partial charge < -0.3 is 9.47 Å². The van der Waals surface area contributed by atoms with E-state index in [4.69, 9.17) is 21.1 Å². The first-order valence-electron chi connectivity index (χ1n) is 7.92. The van der Waals surface area contributed by atoms with Crippen LogP contribution in [0.1, 0.15) is 47.7 Å². The summed E-state index contributed by atoms with van der Waals surface area (Å²) in [6.45, 7) is 0. The molecule has 5 nitrogen and oxygen atoms in total. The lowest BCUT2D eigenvalue weighted by molar-refractivity contribution is 0.0600. The van der Waals surface area contributed by atoms with E-state index >= 15 is 0 Å². The molecule has 2 aromatic rings. The van der Waals surface area contributed by atoms with Crippen LogP contribution in [0.4, 0.5) is 0 Å². The molecule has 0 unspecified atom stereocenters. The molecule has 3 rings (SSSR count). The van der Waals surface area contributed by atoms with Gasteiger partial charge in [0.05, 0.1) is 25.5 Å². The fourth-order valence-electron chi connectivity index (χ4n) is 3.31. The molecule has 1 fully saturated rings. The molecule has 0 atom stereocenters. The van der Waals surface area contributed by atoms with E-state index in [0.717, 1.165) is 24.1 Å². The molecule has 6 heteroatoms. The van der Waals surface area contributed by atoms with Gasteiger partial charge in [-0.2, -0.15) is 0 Å². The van der Waals surface area contributed by atoms with Gasteiger partial charge in [-0.3, -0.25) is 4.98 Å². The molecule has 0 radical (unpaired) electrons. The zero-order valence-electron chi connectivity index (χ0n) is 13.7. The second-order valence-corrected chi connectivity index (χ2v) is 6.19. The van der Waals surface area contributed by atoms with Gasteiger partial charge >= 0.3 is 5.97 Å². The number of methoxy groups -OCH3 is 2. The summed E-state index contributed by atoms with van der Waals surface area (Å²) in [5, 5.41) is 0.351. The summed E-state index contributed by atoms with van der Waals surface area (Å²) < 4.78 is 10.6. The Labute approximate surface area is 146 Å². The van der Waals surface area contributed by atoms with E-state index in [1.54, 1.807) is 31.6 Å². The van der Waals surface area contributed by atoms with Crippen molar-refractivity contribution in [1.82, 2.24) is 9.97 Å². The molecule has 0 spiro atoms. The average Bonchev–Trinajstić information content (AvgIpc) is 3.14. The predicted molar refractivity (Wildman–Crippen MR) is 91.6 cm³/mol.